The van der Waals surface area contributed by atoms with Gasteiger partial charge in [-0.3, -0.25) is 9.10 Å². The topological polar surface area (TPSA) is 84.9 Å². The highest BCUT2D eigenvalue weighted by atomic mass is 32.2. The second-order valence-corrected chi connectivity index (χ2v) is 9.64. The molecule has 1 atom stereocenters. The highest BCUT2D eigenvalue weighted by Crippen LogP contribution is 2.35. The lowest BCUT2D eigenvalue weighted by Gasteiger charge is -2.26. The second-order valence-electron chi connectivity index (χ2n) is 7.78. The van der Waals surface area contributed by atoms with Crippen LogP contribution in [0.1, 0.15) is 24.1 Å². The first kappa shape index (κ1) is 26.9. The molecule has 3 aromatic carbocycles. The molecule has 0 saturated carbocycles. The Kier molecular flexibility index (Phi) is 8.13. The maximum Gasteiger partial charge on any atom is 0.416 e. The summed E-state index contributed by atoms with van der Waals surface area (Å²) in [6.45, 7) is 0.958. The number of sulfonamides is 1. The summed E-state index contributed by atoms with van der Waals surface area (Å²) in [6, 6.07) is 16.0. The molecule has 0 heterocycles. The van der Waals surface area contributed by atoms with E-state index >= 15 is 0 Å². The SMILES string of the molecule is COc1ccc(S(=O)(=O)N(CC(=O)NC(C)c2ccccc2)c2cccc(C(F)(F)F)c2)cc1OC. The molecule has 0 fully saturated rings. The summed E-state index contributed by atoms with van der Waals surface area (Å²) in [6.07, 6.45) is -4.71. The van der Waals surface area contributed by atoms with Crippen LogP contribution in [0, 0.1) is 0 Å². The maximum atomic E-state index is 13.6. The van der Waals surface area contributed by atoms with Gasteiger partial charge in [-0.05, 0) is 42.8 Å². The average Bonchev–Trinajstić information content (AvgIpc) is 2.86. The Morgan fingerprint density at radius 1 is 0.944 bits per heavy atom. The van der Waals surface area contributed by atoms with Crippen LogP contribution in [-0.2, 0) is 21.0 Å². The molecule has 1 N–H and O–H groups in total. The molecule has 11 heteroatoms. The minimum atomic E-state index is -4.71. The fourth-order valence-electron chi connectivity index (χ4n) is 3.50. The molecule has 3 aromatic rings. The summed E-state index contributed by atoms with van der Waals surface area (Å²) in [5, 5.41) is 2.69. The number of carbonyl (C=O) groups excluding carboxylic acids is 1. The summed E-state index contributed by atoms with van der Waals surface area (Å²) in [4.78, 5) is 12.6. The fraction of sp³-hybridized carbons (Fsp3) is 0.240. The van der Waals surface area contributed by atoms with Gasteiger partial charge in [0.15, 0.2) is 11.5 Å². The number of benzene rings is 3. The Morgan fingerprint density at radius 3 is 2.22 bits per heavy atom. The first-order valence-electron chi connectivity index (χ1n) is 10.7. The third kappa shape index (κ3) is 6.09. The molecule has 7 nitrogen and oxygen atoms in total. The molecule has 3 rings (SSSR count). The number of rotatable bonds is 9. The smallest absolute Gasteiger partial charge is 0.416 e. The number of nitrogens with one attached hydrogen (secondary N) is 1. The van der Waals surface area contributed by atoms with E-state index in [4.69, 9.17) is 9.47 Å². The number of nitrogens with zero attached hydrogens (tertiary/aromatic N) is 1. The molecule has 1 amide bonds. The third-order valence-corrected chi connectivity index (χ3v) is 7.14. The molecule has 0 saturated heterocycles. The van der Waals surface area contributed by atoms with Gasteiger partial charge in [-0.25, -0.2) is 8.42 Å². The molecule has 36 heavy (non-hydrogen) atoms. The highest BCUT2D eigenvalue weighted by molar-refractivity contribution is 7.92. The zero-order valence-corrected chi connectivity index (χ0v) is 20.6. The number of hydrogen-bond acceptors (Lipinski definition) is 5. The minimum absolute atomic E-state index is 0.102. The number of halogens is 3. The molecule has 0 radical (unpaired) electrons. The molecule has 192 valence electrons. The van der Waals surface area contributed by atoms with Gasteiger partial charge in [0.2, 0.25) is 5.91 Å². The number of ether oxygens (including phenoxy) is 2. The van der Waals surface area contributed by atoms with Crippen LogP contribution < -0.4 is 19.1 Å². The summed E-state index contributed by atoms with van der Waals surface area (Å²) in [5.74, 6) is -0.339. The van der Waals surface area contributed by atoms with E-state index in [1.54, 1.807) is 31.2 Å². The summed E-state index contributed by atoms with van der Waals surface area (Å²) in [5.41, 5.74) is -0.591. The largest absolute Gasteiger partial charge is 0.493 e. The first-order valence-corrected chi connectivity index (χ1v) is 12.2. The number of anilines is 1. The van der Waals surface area contributed by atoms with E-state index in [1.807, 2.05) is 6.07 Å². The first-order chi connectivity index (χ1) is 17.0. The van der Waals surface area contributed by atoms with Gasteiger partial charge in [0, 0.05) is 6.07 Å². The van der Waals surface area contributed by atoms with Gasteiger partial charge in [-0.2, -0.15) is 13.2 Å². The Bertz CT molecular complexity index is 1310. The standard InChI is InChI=1S/C25H25F3N2O5S/c1-17(18-8-5-4-6-9-18)29-24(31)16-30(20-11-7-10-19(14-20)25(26,27)28)36(32,33)21-12-13-22(34-2)23(15-21)35-3/h4-15,17H,16H2,1-3H3,(H,29,31). The lowest BCUT2D eigenvalue weighted by molar-refractivity contribution is -0.137. The predicted molar refractivity (Wildman–Crippen MR) is 129 cm³/mol. The molecule has 0 aliphatic carbocycles. The summed E-state index contributed by atoms with van der Waals surface area (Å²) in [7, 11) is -1.81. The van der Waals surface area contributed by atoms with Crippen LogP contribution in [0.15, 0.2) is 77.7 Å². The van der Waals surface area contributed by atoms with Gasteiger partial charge in [-0.1, -0.05) is 36.4 Å². The third-order valence-electron chi connectivity index (χ3n) is 5.37. The minimum Gasteiger partial charge on any atom is -0.493 e. The van der Waals surface area contributed by atoms with Crippen molar-refractivity contribution in [2.75, 3.05) is 25.1 Å². The Labute approximate surface area is 207 Å². The van der Waals surface area contributed by atoms with Gasteiger partial charge < -0.3 is 14.8 Å². The van der Waals surface area contributed by atoms with Gasteiger partial charge in [0.05, 0.1) is 36.4 Å². The maximum absolute atomic E-state index is 13.6. The number of methoxy groups -OCH3 is 2. The summed E-state index contributed by atoms with van der Waals surface area (Å²) < 4.78 is 78.3. The van der Waals surface area contributed by atoms with E-state index in [0.717, 1.165) is 17.7 Å². The zero-order chi connectivity index (χ0) is 26.5. The Balaban J connectivity index is 2.02. The van der Waals surface area contributed by atoms with Crippen molar-refractivity contribution in [3.8, 4) is 11.5 Å². The van der Waals surface area contributed by atoms with Crippen molar-refractivity contribution < 1.29 is 35.9 Å². The fourth-order valence-corrected chi connectivity index (χ4v) is 4.93. The average molecular weight is 523 g/mol. The quantitative estimate of drug-likeness (QED) is 0.437. The van der Waals surface area contributed by atoms with Crippen molar-refractivity contribution in [2.45, 2.75) is 24.0 Å². The highest BCUT2D eigenvalue weighted by Gasteiger charge is 2.33. The van der Waals surface area contributed by atoms with Crippen molar-refractivity contribution in [1.29, 1.82) is 0 Å². The second kappa shape index (κ2) is 10.9. The molecule has 0 spiro atoms. The van der Waals surface area contributed by atoms with Crippen LogP contribution in [0.25, 0.3) is 0 Å². The van der Waals surface area contributed by atoms with E-state index < -0.39 is 40.3 Å². The lowest BCUT2D eigenvalue weighted by atomic mass is 10.1. The van der Waals surface area contributed by atoms with Gasteiger partial charge in [0.1, 0.15) is 6.54 Å². The van der Waals surface area contributed by atoms with E-state index in [1.165, 1.54) is 38.5 Å². The van der Waals surface area contributed by atoms with Crippen LogP contribution in [0.4, 0.5) is 18.9 Å². The van der Waals surface area contributed by atoms with E-state index in [-0.39, 0.29) is 22.1 Å². The van der Waals surface area contributed by atoms with E-state index in [9.17, 15) is 26.4 Å². The molecule has 0 aliphatic heterocycles. The number of hydrogen-bond donors (Lipinski definition) is 1. The molecule has 0 bridgehead atoms. The van der Waals surface area contributed by atoms with Crippen LogP contribution >= 0.6 is 0 Å². The van der Waals surface area contributed by atoms with Crippen LogP contribution in [-0.4, -0.2) is 35.1 Å². The molecule has 1 unspecified atom stereocenters. The van der Waals surface area contributed by atoms with Gasteiger partial charge >= 0.3 is 6.18 Å². The number of amides is 1. The van der Waals surface area contributed by atoms with Gasteiger partial charge in [-0.15, -0.1) is 0 Å². The van der Waals surface area contributed by atoms with Gasteiger partial charge in [0.25, 0.3) is 10.0 Å². The lowest BCUT2D eigenvalue weighted by Crippen LogP contribution is -2.41. The number of carbonyl (C=O) groups is 1. The van der Waals surface area contributed by atoms with E-state index in [2.05, 4.69) is 5.32 Å². The Morgan fingerprint density at radius 2 is 1.61 bits per heavy atom. The molecular formula is C25H25F3N2O5S. The summed E-state index contributed by atoms with van der Waals surface area (Å²) >= 11 is 0. The number of alkyl halides is 3. The predicted octanol–water partition coefficient (Wildman–Crippen LogP) is 4.80. The molecular weight excluding hydrogens is 497 g/mol. The van der Waals surface area contributed by atoms with Crippen LogP contribution in [0.3, 0.4) is 0 Å². The van der Waals surface area contributed by atoms with E-state index in [0.29, 0.717) is 10.4 Å². The molecule has 0 aromatic heterocycles. The van der Waals surface area contributed by atoms with Crippen molar-refractivity contribution >= 4 is 21.6 Å². The monoisotopic (exact) mass is 522 g/mol. The van der Waals surface area contributed by atoms with Crippen LogP contribution in [0.5, 0.6) is 11.5 Å². The Hall–Kier alpha value is -3.73. The van der Waals surface area contributed by atoms with Crippen molar-refractivity contribution in [1.82, 2.24) is 5.32 Å². The van der Waals surface area contributed by atoms with Crippen molar-refractivity contribution in [3.05, 3.63) is 83.9 Å². The zero-order valence-electron chi connectivity index (χ0n) is 19.7. The van der Waals surface area contributed by atoms with Crippen LogP contribution in [0.2, 0.25) is 0 Å². The van der Waals surface area contributed by atoms with Crippen molar-refractivity contribution in [3.63, 3.8) is 0 Å². The van der Waals surface area contributed by atoms with Crippen molar-refractivity contribution in [2.24, 2.45) is 0 Å². The normalized spacial score (nSPS) is 12.5. The molecule has 0 aliphatic rings.